The van der Waals surface area contributed by atoms with Crippen LogP contribution in [-0.4, -0.2) is 34.8 Å². The molecule has 0 aromatic carbocycles. The fourth-order valence-electron chi connectivity index (χ4n) is 1.32. The lowest BCUT2D eigenvalue weighted by atomic mass is 10.2. The molecule has 1 rings (SSSR count). The van der Waals surface area contributed by atoms with Crippen molar-refractivity contribution in [1.82, 2.24) is 9.97 Å². The molecule has 0 fully saturated rings. The summed E-state index contributed by atoms with van der Waals surface area (Å²) in [6.07, 6.45) is 1.04. The highest BCUT2D eigenvalue weighted by atomic mass is 16.3. The number of hydrogen-bond acceptors (Lipinski definition) is 5. The lowest BCUT2D eigenvalue weighted by Gasteiger charge is -2.12. The molecule has 0 radical (unpaired) electrons. The Hall–Kier alpha value is -1.36. The van der Waals surface area contributed by atoms with E-state index in [0.29, 0.717) is 12.5 Å². The fourth-order valence-corrected chi connectivity index (χ4v) is 1.32. The second-order valence-corrected chi connectivity index (χ2v) is 4.31. The number of aliphatic hydroxyl groups excluding tert-OH is 1. The quantitative estimate of drug-likeness (QED) is 0.674. The summed E-state index contributed by atoms with van der Waals surface area (Å²) in [7, 11) is 0. The van der Waals surface area contributed by atoms with Crippen LogP contribution in [0.3, 0.4) is 0 Å². The van der Waals surface area contributed by atoms with Crippen molar-refractivity contribution in [2.45, 2.75) is 27.2 Å². The van der Waals surface area contributed by atoms with Crippen molar-refractivity contribution in [2.75, 3.05) is 30.3 Å². The van der Waals surface area contributed by atoms with Crippen LogP contribution in [0.4, 0.5) is 11.8 Å². The Morgan fingerprint density at radius 1 is 1.35 bits per heavy atom. The zero-order valence-electron chi connectivity index (χ0n) is 10.8. The minimum absolute atomic E-state index is 0.179. The van der Waals surface area contributed by atoms with Crippen molar-refractivity contribution in [3.05, 3.63) is 11.8 Å². The summed E-state index contributed by atoms with van der Waals surface area (Å²) >= 11 is 0. The number of anilines is 2. The Labute approximate surface area is 103 Å². The van der Waals surface area contributed by atoms with Crippen LogP contribution in [0, 0.1) is 12.8 Å². The highest BCUT2D eigenvalue weighted by molar-refractivity contribution is 5.42. The molecule has 0 saturated heterocycles. The average molecular weight is 238 g/mol. The van der Waals surface area contributed by atoms with Gasteiger partial charge in [0.05, 0.1) is 0 Å². The van der Waals surface area contributed by atoms with Crippen molar-refractivity contribution in [3.63, 3.8) is 0 Å². The monoisotopic (exact) mass is 238 g/mol. The van der Waals surface area contributed by atoms with E-state index in [4.69, 9.17) is 5.11 Å². The molecular weight excluding hydrogens is 216 g/mol. The predicted octanol–water partition coefficient (Wildman–Crippen LogP) is 1.65. The van der Waals surface area contributed by atoms with Crippen molar-refractivity contribution >= 4 is 11.8 Å². The fraction of sp³-hybridized carbons (Fsp3) is 0.667. The third-order valence-corrected chi connectivity index (χ3v) is 2.33. The number of rotatable bonds is 7. The zero-order valence-corrected chi connectivity index (χ0v) is 10.8. The lowest BCUT2D eigenvalue weighted by Crippen LogP contribution is -2.16. The van der Waals surface area contributed by atoms with Crippen LogP contribution < -0.4 is 10.6 Å². The largest absolute Gasteiger partial charge is 0.396 e. The third-order valence-electron chi connectivity index (χ3n) is 2.33. The van der Waals surface area contributed by atoms with Crippen LogP contribution in [-0.2, 0) is 0 Å². The minimum atomic E-state index is 0.179. The number of aryl methyl sites for hydroxylation is 1. The van der Waals surface area contributed by atoms with E-state index >= 15 is 0 Å². The molecule has 5 nitrogen and oxygen atoms in total. The molecule has 1 aromatic heterocycles. The van der Waals surface area contributed by atoms with Gasteiger partial charge in [0.2, 0.25) is 5.95 Å². The topological polar surface area (TPSA) is 70.1 Å². The average Bonchev–Trinajstić information content (AvgIpc) is 2.32. The maximum atomic E-state index is 8.95. The van der Waals surface area contributed by atoms with Gasteiger partial charge in [0, 0.05) is 31.5 Å². The van der Waals surface area contributed by atoms with Crippen LogP contribution in [0.1, 0.15) is 26.0 Å². The van der Waals surface area contributed by atoms with Crippen molar-refractivity contribution in [1.29, 1.82) is 0 Å². The highest BCUT2D eigenvalue weighted by Crippen LogP contribution is 2.10. The van der Waals surface area contributed by atoms with Crippen molar-refractivity contribution < 1.29 is 5.11 Å². The number of aromatic nitrogens is 2. The second kappa shape index (κ2) is 7.06. The summed E-state index contributed by atoms with van der Waals surface area (Å²) in [6.45, 7) is 7.79. The molecule has 0 aliphatic carbocycles. The van der Waals surface area contributed by atoms with Gasteiger partial charge in [0.15, 0.2) is 0 Å². The van der Waals surface area contributed by atoms with Gasteiger partial charge in [-0.3, -0.25) is 0 Å². The summed E-state index contributed by atoms with van der Waals surface area (Å²) in [5, 5.41) is 15.3. The Kier molecular flexibility index (Phi) is 5.69. The van der Waals surface area contributed by atoms with Gasteiger partial charge >= 0.3 is 0 Å². The molecule has 1 aromatic rings. The van der Waals surface area contributed by atoms with Gasteiger partial charge in [-0.15, -0.1) is 0 Å². The van der Waals surface area contributed by atoms with Gasteiger partial charge in [-0.05, 0) is 19.3 Å². The summed E-state index contributed by atoms with van der Waals surface area (Å²) in [6, 6.07) is 1.90. The standard InChI is InChI=1S/C12H22N4O/c1-4-5-13-12-15-10(3)6-11(16-12)14-7-9(2)8-17/h6,9,17H,4-5,7-8H2,1-3H3,(H2,13,14,15,16). The summed E-state index contributed by atoms with van der Waals surface area (Å²) in [4.78, 5) is 8.67. The summed E-state index contributed by atoms with van der Waals surface area (Å²) in [5.41, 5.74) is 0.928. The van der Waals surface area contributed by atoms with E-state index < -0.39 is 0 Å². The molecule has 1 heterocycles. The van der Waals surface area contributed by atoms with Crippen LogP contribution in [0.25, 0.3) is 0 Å². The molecule has 0 saturated carbocycles. The molecule has 3 N–H and O–H groups in total. The van der Waals surface area contributed by atoms with E-state index in [1.807, 2.05) is 19.9 Å². The Bertz CT molecular complexity index is 343. The molecule has 5 heteroatoms. The molecule has 0 bridgehead atoms. The highest BCUT2D eigenvalue weighted by Gasteiger charge is 2.03. The smallest absolute Gasteiger partial charge is 0.224 e. The maximum absolute atomic E-state index is 8.95. The van der Waals surface area contributed by atoms with E-state index in [0.717, 1.165) is 24.5 Å². The first-order chi connectivity index (χ1) is 8.15. The van der Waals surface area contributed by atoms with Gasteiger partial charge in [-0.1, -0.05) is 13.8 Å². The molecular formula is C12H22N4O. The van der Waals surface area contributed by atoms with Crippen LogP contribution >= 0.6 is 0 Å². The zero-order chi connectivity index (χ0) is 12.7. The molecule has 0 aliphatic rings. The Morgan fingerprint density at radius 3 is 2.76 bits per heavy atom. The number of nitrogens with one attached hydrogen (secondary N) is 2. The summed E-state index contributed by atoms with van der Waals surface area (Å²) < 4.78 is 0. The second-order valence-electron chi connectivity index (χ2n) is 4.31. The van der Waals surface area contributed by atoms with Gasteiger partial charge in [-0.2, -0.15) is 4.98 Å². The van der Waals surface area contributed by atoms with Crippen LogP contribution in [0.5, 0.6) is 0 Å². The van der Waals surface area contributed by atoms with Crippen LogP contribution in [0.15, 0.2) is 6.07 Å². The Morgan fingerprint density at radius 2 is 2.12 bits per heavy atom. The van der Waals surface area contributed by atoms with Gasteiger partial charge in [-0.25, -0.2) is 4.98 Å². The number of nitrogens with zero attached hydrogens (tertiary/aromatic N) is 2. The van der Waals surface area contributed by atoms with Gasteiger partial charge in [0.1, 0.15) is 5.82 Å². The lowest BCUT2D eigenvalue weighted by molar-refractivity contribution is 0.244. The van der Waals surface area contributed by atoms with Gasteiger partial charge in [0.25, 0.3) is 0 Å². The first kappa shape index (κ1) is 13.7. The van der Waals surface area contributed by atoms with E-state index in [1.165, 1.54) is 0 Å². The number of aliphatic hydroxyl groups is 1. The molecule has 0 spiro atoms. The minimum Gasteiger partial charge on any atom is -0.396 e. The molecule has 0 amide bonds. The van der Waals surface area contributed by atoms with E-state index in [2.05, 4.69) is 27.5 Å². The first-order valence-electron chi connectivity index (χ1n) is 6.10. The normalized spacial score (nSPS) is 12.2. The predicted molar refractivity (Wildman–Crippen MR) is 70.3 cm³/mol. The molecule has 1 atom stereocenters. The van der Waals surface area contributed by atoms with E-state index in [9.17, 15) is 0 Å². The summed E-state index contributed by atoms with van der Waals surface area (Å²) in [5.74, 6) is 1.68. The van der Waals surface area contributed by atoms with Crippen LogP contribution in [0.2, 0.25) is 0 Å². The molecule has 0 aliphatic heterocycles. The SMILES string of the molecule is CCCNc1nc(C)cc(NCC(C)CO)n1. The maximum Gasteiger partial charge on any atom is 0.224 e. The first-order valence-corrected chi connectivity index (χ1v) is 6.10. The van der Waals surface area contributed by atoms with Gasteiger partial charge < -0.3 is 15.7 Å². The number of hydrogen-bond donors (Lipinski definition) is 3. The molecule has 17 heavy (non-hydrogen) atoms. The van der Waals surface area contributed by atoms with E-state index in [1.54, 1.807) is 0 Å². The third kappa shape index (κ3) is 4.99. The van der Waals surface area contributed by atoms with E-state index in [-0.39, 0.29) is 12.5 Å². The van der Waals surface area contributed by atoms with Crippen molar-refractivity contribution in [2.24, 2.45) is 5.92 Å². The Balaban J connectivity index is 2.61. The van der Waals surface area contributed by atoms with Crippen molar-refractivity contribution in [3.8, 4) is 0 Å². The molecule has 96 valence electrons. The molecule has 1 unspecified atom stereocenters.